The number of aromatic nitrogens is 1. The highest BCUT2D eigenvalue weighted by molar-refractivity contribution is 7.13. The third-order valence-electron chi connectivity index (χ3n) is 4.06. The summed E-state index contributed by atoms with van der Waals surface area (Å²) in [6.07, 6.45) is 1.23. The van der Waals surface area contributed by atoms with Gasteiger partial charge in [0.1, 0.15) is 4.88 Å². The van der Waals surface area contributed by atoms with Crippen molar-refractivity contribution in [3.63, 3.8) is 0 Å². The number of aryl methyl sites for hydroxylation is 1. The number of benzene rings is 1. The predicted molar refractivity (Wildman–Crippen MR) is 87.7 cm³/mol. The van der Waals surface area contributed by atoms with E-state index in [0.717, 1.165) is 16.3 Å². The van der Waals surface area contributed by atoms with Gasteiger partial charge in [-0.05, 0) is 18.9 Å². The molecule has 6 heteroatoms. The van der Waals surface area contributed by atoms with E-state index in [9.17, 15) is 9.59 Å². The summed E-state index contributed by atoms with van der Waals surface area (Å²) < 4.78 is 0. The molecule has 0 aliphatic carbocycles. The number of hydrogen-bond acceptors (Lipinski definition) is 4. The van der Waals surface area contributed by atoms with Crippen molar-refractivity contribution in [1.82, 2.24) is 9.88 Å². The van der Waals surface area contributed by atoms with Gasteiger partial charge in [0.15, 0.2) is 0 Å². The average Bonchev–Trinajstić information content (AvgIpc) is 3.15. The zero-order chi connectivity index (χ0) is 16.4. The van der Waals surface area contributed by atoms with Crippen molar-refractivity contribution in [1.29, 1.82) is 0 Å². The van der Waals surface area contributed by atoms with Crippen LogP contribution in [0.25, 0.3) is 0 Å². The molecule has 1 aliphatic heterocycles. The van der Waals surface area contributed by atoms with Crippen LogP contribution in [0, 0.1) is 12.8 Å². The van der Waals surface area contributed by atoms with Gasteiger partial charge in [0.2, 0.25) is 0 Å². The lowest BCUT2D eigenvalue weighted by molar-refractivity contribution is -0.141. The molecule has 120 valence electrons. The quantitative estimate of drug-likeness (QED) is 0.935. The zero-order valence-corrected chi connectivity index (χ0v) is 13.7. The number of nitrogens with zero attached hydrogens (tertiary/aromatic N) is 2. The molecule has 0 radical (unpaired) electrons. The maximum atomic E-state index is 12.6. The van der Waals surface area contributed by atoms with Gasteiger partial charge in [-0.2, -0.15) is 0 Å². The van der Waals surface area contributed by atoms with Gasteiger partial charge >= 0.3 is 5.97 Å². The van der Waals surface area contributed by atoms with Crippen molar-refractivity contribution in [3.05, 3.63) is 51.5 Å². The van der Waals surface area contributed by atoms with E-state index in [1.165, 1.54) is 11.3 Å². The molecule has 1 saturated heterocycles. The van der Waals surface area contributed by atoms with E-state index in [4.69, 9.17) is 5.11 Å². The molecule has 3 rings (SSSR count). The van der Waals surface area contributed by atoms with Crippen LogP contribution in [0.15, 0.2) is 30.3 Å². The number of thiazole rings is 1. The molecule has 23 heavy (non-hydrogen) atoms. The van der Waals surface area contributed by atoms with Gasteiger partial charge in [-0.25, -0.2) is 4.98 Å². The van der Waals surface area contributed by atoms with Gasteiger partial charge in [0.25, 0.3) is 5.91 Å². The summed E-state index contributed by atoms with van der Waals surface area (Å²) in [6.45, 7) is 2.63. The van der Waals surface area contributed by atoms with E-state index in [2.05, 4.69) is 4.98 Å². The van der Waals surface area contributed by atoms with Crippen molar-refractivity contribution < 1.29 is 14.7 Å². The van der Waals surface area contributed by atoms with Gasteiger partial charge < -0.3 is 10.0 Å². The number of carbonyl (C=O) groups is 2. The minimum atomic E-state index is -0.828. The Morgan fingerprint density at radius 3 is 2.74 bits per heavy atom. The Morgan fingerprint density at radius 1 is 1.35 bits per heavy atom. The van der Waals surface area contributed by atoms with Gasteiger partial charge in [-0.15, -0.1) is 11.3 Å². The number of hydrogen-bond donors (Lipinski definition) is 1. The van der Waals surface area contributed by atoms with E-state index >= 15 is 0 Å². The highest BCUT2D eigenvalue weighted by Crippen LogP contribution is 2.25. The van der Waals surface area contributed by atoms with Crippen LogP contribution in [0.4, 0.5) is 0 Å². The topological polar surface area (TPSA) is 70.5 Å². The molecular weight excluding hydrogens is 312 g/mol. The van der Waals surface area contributed by atoms with Crippen LogP contribution < -0.4 is 0 Å². The Hall–Kier alpha value is -2.21. The Bertz CT molecular complexity index is 727. The van der Waals surface area contributed by atoms with Crippen LogP contribution in [0.5, 0.6) is 0 Å². The van der Waals surface area contributed by atoms with Crippen LogP contribution in [0.2, 0.25) is 0 Å². The van der Waals surface area contributed by atoms with Crippen molar-refractivity contribution in [3.8, 4) is 0 Å². The van der Waals surface area contributed by atoms with Gasteiger partial charge in [0, 0.05) is 19.5 Å². The first kappa shape index (κ1) is 15.7. The fraction of sp³-hybridized carbons (Fsp3) is 0.353. The van der Waals surface area contributed by atoms with Crippen LogP contribution in [0.3, 0.4) is 0 Å². The smallest absolute Gasteiger partial charge is 0.308 e. The predicted octanol–water partition coefficient (Wildman–Crippen LogP) is 2.59. The maximum Gasteiger partial charge on any atom is 0.308 e. The van der Waals surface area contributed by atoms with Crippen LogP contribution >= 0.6 is 11.3 Å². The summed E-state index contributed by atoms with van der Waals surface area (Å²) in [5.41, 5.74) is 1.89. The van der Waals surface area contributed by atoms with Crippen LogP contribution in [-0.4, -0.2) is 40.0 Å². The van der Waals surface area contributed by atoms with Crippen LogP contribution in [-0.2, 0) is 11.2 Å². The number of aliphatic carboxylic acids is 1. The Balaban J connectivity index is 1.73. The third kappa shape index (κ3) is 3.42. The van der Waals surface area contributed by atoms with Gasteiger partial charge in [-0.3, -0.25) is 9.59 Å². The summed E-state index contributed by atoms with van der Waals surface area (Å²) in [5.74, 6) is -1.37. The number of amides is 1. The summed E-state index contributed by atoms with van der Waals surface area (Å²) in [5, 5.41) is 9.97. The van der Waals surface area contributed by atoms with Gasteiger partial charge in [-0.1, -0.05) is 30.3 Å². The molecule has 1 aromatic heterocycles. The Morgan fingerprint density at radius 2 is 2.09 bits per heavy atom. The SMILES string of the molecule is Cc1nc(Cc2ccccc2)sc1C(=O)N1CC[C@H](C(=O)O)C1. The van der Waals surface area contributed by atoms with E-state index in [1.807, 2.05) is 37.3 Å². The second-order valence-electron chi connectivity index (χ2n) is 5.76. The highest BCUT2D eigenvalue weighted by Gasteiger charge is 2.32. The number of carboxylic acids is 1. The zero-order valence-electron chi connectivity index (χ0n) is 12.9. The highest BCUT2D eigenvalue weighted by atomic mass is 32.1. The van der Waals surface area contributed by atoms with Crippen molar-refractivity contribution >= 4 is 23.2 Å². The standard InChI is InChI=1S/C17H18N2O3S/c1-11-15(16(20)19-8-7-13(10-19)17(21)22)23-14(18-11)9-12-5-3-2-4-6-12/h2-6,13H,7-10H2,1H3,(H,21,22)/t13-/m0/s1. The van der Waals surface area contributed by atoms with E-state index in [-0.39, 0.29) is 5.91 Å². The Kier molecular flexibility index (Phi) is 4.43. The molecule has 1 amide bonds. The monoisotopic (exact) mass is 330 g/mol. The lowest BCUT2D eigenvalue weighted by Gasteiger charge is -2.14. The molecule has 5 nitrogen and oxygen atoms in total. The molecule has 0 spiro atoms. The number of likely N-dealkylation sites (tertiary alicyclic amines) is 1. The number of rotatable bonds is 4. The summed E-state index contributed by atoms with van der Waals surface area (Å²) >= 11 is 1.41. The first-order valence-electron chi connectivity index (χ1n) is 7.57. The largest absolute Gasteiger partial charge is 0.481 e. The first-order chi connectivity index (χ1) is 11.0. The molecule has 1 aromatic carbocycles. The van der Waals surface area contributed by atoms with E-state index in [1.54, 1.807) is 4.90 Å². The fourth-order valence-electron chi connectivity index (χ4n) is 2.79. The molecule has 1 aliphatic rings. The Labute approximate surface area is 138 Å². The van der Waals surface area contributed by atoms with Crippen molar-refractivity contribution in [2.45, 2.75) is 19.8 Å². The lowest BCUT2D eigenvalue weighted by atomic mass is 10.1. The minimum absolute atomic E-state index is 0.0944. The molecule has 2 heterocycles. The molecule has 1 N–H and O–H groups in total. The first-order valence-corrected chi connectivity index (χ1v) is 8.38. The van der Waals surface area contributed by atoms with Crippen molar-refractivity contribution in [2.75, 3.05) is 13.1 Å². The second kappa shape index (κ2) is 6.50. The average molecular weight is 330 g/mol. The third-order valence-corrected chi connectivity index (χ3v) is 5.20. The second-order valence-corrected chi connectivity index (χ2v) is 6.84. The molecule has 1 atom stereocenters. The molecule has 0 unspecified atom stereocenters. The number of carboxylic acid groups (broad SMARTS) is 1. The molecule has 0 bridgehead atoms. The van der Waals surface area contributed by atoms with Crippen molar-refractivity contribution in [2.24, 2.45) is 5.92 Å². The van der Waals surface area contributed by atoms with E-state index < -0.39 is 11.9 Å². The molecule has 0 saturated carbocycles. The lowest BCUT2D eigenvalue weighted by Crippen LogP contribution is -2.29. The van der Waals surface area contributed by atoms with Gasteiger partial charge in [0.05, 0.1) is 16.6 Å². The molecule has 1 fully saturated rings. The number of carbonyl (C=O) groups excluding carboxylic acids is 1. The summed E-state index contributed by atoms with van der Waals surface area (Å²) in [7, 11) is 0. The van der Waals surface area contributed by atoms with Crippen LogP contribution in [0.1, 0.15) is 32.4 Å². The summed E-state index contributed by atoms with van der Waals surface area (Å²) in [4.78, 5) is 30.4. The summed E-state index contributed by atoms with van der Waals surface area (Å²) in [6, 6.07) is 10.0. The normalized spacial score (nSPS) is 17.4. The molecule has 2 aromatic rings. The fourth-order valence-corrected chi connectivity index (χ4v) is 3.85. The maximum absolute atomic E-state index is 12.6. The minimum Gasteiger partial charge on any atom is -0.481 e. The molecular formula is C17H18N2O3S. The van der Waals surface area contributed by atoms with E-state index in [0.29, 0.717) is 30.8 Å².